The number of nitrogens with zero attached hydrogens (tertiary/aromatic N) is 1. The van der Waals surface area contributed by atoms with Crippen LogP contribution in [0.25, 0.3) is 0 Å². The number of ether oxygens (including phenoxy) is 1. The van der Waals surface area contributed by atoms with E-state index < -0.39 is 0 Å². The first kappa shape index (κ1) is 10.2. The Kier molecular flexibility index (Phi) is 3.35. The summed E-state index contributed by atoms with van der Waals surface area (Å²) in [5, 5.41) is 0. The molecule has 0 N–H and O–H groups in total. The van der Waals surface area contributed by atoms with Crippen LogP contribution < -0.4 is 4.74 Å². The van der Waals surface area contributed by atoms with Gasteiger partial charge < -0.3 is 4.74 Å². The van der Waals surface area contributed by atoms with Crippen molar-refractivity contribution in [1.29, 1.82) is 0 Å². The zero-order valence-electron chi connectivity index (χ0n) is 8.69. The Balaban J connectivity index is 1.84. The van der Waals surface area contributed by atoms with Gasteiger partial charge in [-0.2, -0.15) is 0 Å². The van der Waals surface area contributed by atoms with Gasteiger partial charge in [0.1, 0.15) is 18.8 Å². The number of hydrogen-bond acceptors (Lipinski definition) is 3. The molecule has 1 saturated heterocycles. The fourth-order valence-corrected chi connectivity index (χ4v) is 1.72. The lowest BCUT2D eigenvalue weighted by atomic mass is 10.2. The summed E-state index contributed by atoms with van der Waals surface area (Å²) in [7, 11) is 0. The van der Waals surface area contributed by atoms with Crippen LogP contribution >= 0.6 is 0 Å². The smallest absolute Gasteiger partial charge is 0.150 e. The zero-order chi connectivity index (χ0) is 10.5. The Bertz CT molecular complexity index is 315. The highest BCUT2D eigenvalue weighted by atomic mass is 16.5. The molecule has 0 aliphatic carbocycles. The van der Waals surface area contributed by atoms with Gasteiger partial charge in [-0.25, -0.2) is 0 Å². The quantitative estimate of drug-likeness (QED) is 0.703. The highest BCUT2D eigenvalue weighted by molar-refractivity contribution is 5.74. The molecule has 15 heavy (non-hydrogen) atoms. The van der Waals surface area contributed by atoms with E-state index in [1.54, 1.807) is 12.1 Å². The second kappa shape index (κ2) is 4.94. The minimum absolute atomic E-state index is 0.653. The number of benzene rings is 1. The molecular formula is C12H15NO2. The molecule has 80 valence electrons. The summed E-state index contributed by atoms with van der Waals surface area (Å²) in [6.45, 7) is 2.92. The second-order valence-corrected chi connectivity index (χ2v) is 3.79. The van der Waals surface area contributed by atoms with Crippen molar-refractivity contribution in [1.82, 2.24) is 4.90 Å². The highest BCUT2D eigenvalue weighted by Crippen LogP contribution is 2.13. The molecule has 1 aromatic carbocycles. The van der Waals surface area contributed by atoms with Gasteiger partial charge in [-0.3, -0.25) is 9.69 Å². The number of likely N-dealkylation sites (tertiary alicyclic amines) is 1. The molecule has 0 atom stereocenters. The lowest BCUT2D eigenvalue weighted by Crippen LogP contribution is -2.24. The Morgan fingerprint density at radius 2 is 1.87 bits per heavy atom. The van der Waals surface area contributed by atoms with E-state index in [4.69, 9.17) is 4.74 Å². The van der Waals surface area contributed by atoms with Crippen molar-refractivity contribution in [2.45, 2.75) is 12.8 Å². The van der Waals surface area contributed by atoms with Crippen molar-refractivity contribution >= 4 is 6.29 Å². The molecule has 0 radical (unpaired) electrons. The molecule has 1 aromatic rings. The number of carbonyl (C=O) groups is 1. The van der Waals surface area contributed by atoms with Crippen molar-refractivity contribution in [2.24, 2.45) is 0 Å². The molecule has 1 heterocycles. The summed E-state index contributed by atoms with van der Waals surface area (Å²) in [6.07, 6.45) is 3.38. The van der Waals surface area contributed by atoms with Crippen molar-refractivity contribution in [3.8, 4) is 5.75 Å². The minimum Gasteiger partial charge on any atom is -0.478 e. The second-order valence-electron chi connectivity index (χ2n) is 3.79. The first-order valence-electron chi connectivity index (χ1n) is 5.29. The molecule has 0 unspecified atom stereocenters. The minimum atomic E-state index is 0.653. The van der Waals surface area contributed by atoms with Crippen LogP contribution in [0.1, 0.15) is 23.2 Å². The molecule has 0 saturated carbocycles. The Labute approximate surface area is 89.7 Å². The van der Waals surface area contributed by atoms with E-state index in [2.05, 4.69) is 4.90 Å². The van der Waals surface area contributed by atoms with Crippen LogP contribution in [0.15, 0.2) is 24.3 Å². The average molecular weight is 205 g/mol. The molecule has 3 heteroatoms. The van der Waals surface area contributed by atoms with Gasteiger partial charge in [0.05, 0.1) is 0 Å². The summed E-state index contributed by atoms with van der Waals surface area (Å²) >= 11 is 0. The molecule has 1 aliphatic heterocycles. The fraction of sp³-hybridized carbons (Fsp3) is 0.417. The molecule has 0 spiro atoms. The zero-order valence-corrected chi connectivity index (χ0v) is 8.69. The maximum Gasteiger partial charge on any atom is 0.150 e. The van der Waals surface area contributed by atoms with Crippen LogP contribution in [0, 0.1) is 0 Å². The molecule has 0 bridgehead atoms. The van der Waals surface area contributed by atoms with E-state index in [-0.39, 0.29) is 0 Å². The van der Waals surface area contributed by atoms with Gasteiger partial charge in [0.25, 0.3) is 0 Å². The number of carbonyl (C=O) groups excluding carboxylic acids is 1. The number of aldehydes is 1. The predicted octanol–water partition coefficient (Wildman–Crippen LogP) is 1.93. The number of hydrogen-bond donors (Lipinski definition) is 0. The summed E-state index contributed by atoms with van der Waals surface area (Å²) < 4.78 is 5.60. The van der Waals surface area contributed by atoms with E-state index in [9.17, 15) is 4.79 Å². The van der Waals surface area contributed by atoms with Gasteiger partial charge in [-0.05, 0) is 37.1 Å². The molecule has 0 aromatic heterocycles. The van der Waals surface area contributed by atoms with E-state index in [1.165, 1.54) is 12.8 Å². The third-order valence-electron chi connectivity index (χ3n) is 2.63. The molecular weight excluding hydrogens is 190 g/mol. The van der Waals surface area contributed by atoms with Crippen LogP contribution in [-0.2, 0) is 0 Å². The summed E-state index contributed by atoms with van der Waals surface area (Å²) in [5.74, 6) is 0.826. The largest absolute Gasteiger partial charge is 0.478 e. The predicted molar refractivity (Wildman–Crippen MR) is 58.1 cm³/mol. The van der Waals surface area contributed by atoms with E-state index in [1.807, 2.05) is 12.1 Å². The number of rotatable bonds is 4. The molecule has 1 aliphatic rings. The van der Waals surface area contributed by atoms with Crippen molar-refractivity contribution in [2.75, 3.05) is 19.8 Å². The van der Waals surface area contributed by atoms with Crippen LogP contribution in [0.3, 0.4) is 0 Å². The third kappa shape index (κ3) is 2.80. The molecule has 3 nitrogen and oxygen atoms in total. The van der Waals surface area contributed by atoms with Crippen LogP contribution in [0.4, 0.5) is 0 Å². The van der Waals surface area contributed by atoms with E-state index >= 15 is 0 Å². The fourth-order valence-electron chi connectivity index (χ4n) is 1.72. The lowest BCUT2D eigenvalue weighted by Gasteiger charge is -2.15. The first-order chi connectivity index (χ1) is 7.38. The van der Waals surface area contributed by atoms with Crippen LogP contribution in [-0.4, -0.2) is 31.0 Å². The van der Waals surface area contributed by atoms with Crippen molar-refractivity contribution < 1.29 is 9.53 Å². The summed E-state index contributed by atoms with van der Waals surface area (Å²) in [5.41, 5.74) is 0.684. The van der Waals surface area contributed by atoms with Crippen LogP contribution in [0.2, 0.25) is 0 Å². The van der Waals surface area contributed by atoms with Gasteiger partial charge in [0, 0.05) is 18.7 Å². The van der Waals surface area contributed by atoms with E-state index in [0.717, 1.165) is 25.1 Å². The van der Waals surface area contributed by atoms with Crippen molar-refractivity contribution in [3.05, 3.63) is 29.8 Å². The van der Waals surface area contributed by atoms with Gasteiger partial charge in [0.2, 0.25) is 0 Å². The first-order valence-corrected chi connectivity index (χ1v) is 5.29. The lowest BCUT2D eigenvalue weighted by molar-refractivity contribution is 0.112. The van der Waals surface area contributed by atoms with Crippen molar-refractivity contribution in [3.63, 3.8) is 0 Å². The topological polar surface area (TPSA) is 29.5 Å². The maximum absolute atomic E-state index is 10.4. The Hall–Kier alpha value is -1.35. The molecule has 2 rings (SSSR count). The molecule has 0 amide bonds. The Morgan fingerprint density at radius 1 is 1.20 bits per heavy atom. The maximum atomic E-state index is 10.4. The van der Waals surface area contributed by atoms with Gasteiger partial charge in [-0.15, -0.1) is 0 Å². The van der Waals surface area contributed by atoms with Crippen LogP contribution in [0.5, 0.6) is 5.75 Å². The molecule has 1 fully saturated rings. The highest BCUT2D eigenvalue weighted by Gasteiger charge is 2.11. The normalized spacial score (nSPS) is 16.5. The monoisotopic (exact) mass is 205 g/mol. The summed E-state index contributed by atoms with van der Waals surface area (Å²) in [6, 6.07) is 7.21. The summed E-state index contributed by atoms with van der Waals surface area (Å²) in [4.78, 5) is 12.7. The third-order valence-corrected chi connectivity index (χ3v) is 2.63. The van der Waals surface area contributed by atoms with Gasteiger partial charge in [-0.1, -0.05) is 0 Å². The van der Waals surface area contributed by atoms with E-state index in [0.29, 0.717) is 12.3 Å². The SMILES string of the molecule is O=Cc1ccc(OCN2CCCC2)cc1. The Morgan fingerprint density at radius 3 is 2.47 bits per heavy atom. The standard InChI is InChI=1S/C12H15NO2/c14-9-11-3-5-12(6-4-11)15-10-13-7-1-2-8-13/h3-6,9H,1-2,7-8,10H2. The average Bonchev–Trinajstić information content (AvgIpc) is 2.80. The van der Waals surface area contributed by atoms with Gasteiger partial charge >= 0.3 is 0 Å². The van der Waals surface area contributed by atoms with Gasteiger partial charge in [0.15, 0.2) is 0 Å².